The third kappa shape index (κ3) is 3.23. The van der Waals surface area contributed by atoms with Gasteiger partial charge in [-0.05, 0) is 51.0 Å². The molecule has 2 heteroatoms. The van der Waals surface area contributed by atoms with Gasteiger partial charge in [0.2, 0.25) is 0 Å². The van der Waals surface area contributed by atoms with E-state index in [1.54, 1.807) is 0 Å². The second kappa shape index (κ2) is 6.19. The van der Waals surface area contributed by atoms with E-state index in [-0.39, 0.29) is 5.60 Å². The molecule has 1 heterocycles. The fraction of sp³-hybridized carbons (Fsp3) is 1.00. The van der Waals surface area contributed by atoms with Gasteiger partial charge >= 0.3 is 0 Å². The molecule has 0 aromatic heterocycles. The largest absolute Gasteiger partial charge is 0.375 e. The van der Waals surface area contributed by atoms with Crippen molar-refractivity contribution in [3.63, 3.8) is 0 Å². The zero-order chi connectivity index (χ0) is 12.1. The van der Waals surface area contributed by atoms with Crippen molar-refractivity contribution in [1.82, 2.24) is 5.32 Å². The predicted molar refractivity (Wildman–Crippen MR) is 72.2 cm³/mol. The van der Waals surface area contributed by atoms with Crippen LogP contribution >= 0.6 is 0 Å². The molecule has 2 atom stereocenters. The van der Waals surface area contributed by atoms with Crippen molar-refractivity contribution in [3.8, 4) is 0 Å². The minimum Gasteiger partial charge on any atom is -0.375 e. The van der Waals surface area contributed by atoms with Crippen molar-refractivity contribution in [3.05, 3.63) is 0 Å². The van der Waals surface area contributed by atoms with Crippen molar-refractivity contribution in [2.45, 2.75) is 76.9 Å². The lowest BCUT2D eigenvalue weighted by Crippen LogP contribution is -2.45. The quantitative estimate of drug-likeness (QED) is 0.793. The number of rotatable bonds is 5. The molecule has 1 aliphatic carbocycles. The minimum atomic E-state index is 0.282. The molecule has 17 heavy (non-hydrogen) atoms. The average molecular weight is 239 g/mol. The number of hydrogen-bond donors (Lipinski definition) is 1. The van der Waals surface area contributed by atoms with Crippen LogP contribution in [0.25, 0.3) is 0 Å². The van der Waals surface area contributed by atoms with Crippen LogP contribution in [0, 0.1) is 5.92 Å². The lowest BCUT2D eigenvalue weighted by atomic mass is 9.80. The number of hydrogen-bond acceptors (Lipinski definition) is 2. The van der Waals surface area contributed by atoms with Crippen LogP contribution in [-0.4, -0.2) is 24.8 Å². The van der Waals surface area contributed by atoms with Crippen LogP contribution in [0.15, 0.2) is 0 Å². The molecule has 2 rings (SSSR count). The summed E-state index contributed by atoms with van der Waals surface area (Å²) in [6.45, 7) is 6.74. The van der Waals surface area contributed by atoms with Crippen LogP contribution in [-0.2, 0) is 4.74 Å². The average Bonchev–Trinajstić information content (AvgIpc) is 2.78. The summed E-state index contributed by atoms with van der Waals surface area (Å²) in [4.78, 5) is 0. The van der Waals surface area contributed by atoms with E-state index in [1.165, 1.54) is 57.9 Å². The highest BCUT2D eigenvalue weighted by atomic mass is 16.5. The van der Waals surface area contributed by atoms with Crippen molar-refractivity contribution >= 4 is 0 Å². The smallest absolute Gasteiger partial charge is 0.0685 e. The predicted octanol–water partition coefficient (Wildman–Crippen LogP) is 3.50. The summed E-state index contributed by atoms with van der Waals surface area (Å²) in [6, 6.07) is 0.719. The number of nitrogens with one attached hydrogen (secondary N) is 1. The fourth-order valence-electron chi connectivity index (χ4n) is 3.75. The maximum Gasteiger partial charge on any atom is 0.0685 e. The molecule has 2 aliphatic rings. The SMILES string of the molecule is CCCNC(CC)C1CCOC2(CCCC2)C1. The van der Waals surface area contributed by atoms with Gasteiger partial charge in [0, 0.05) is 12.6 Å². The van der Waals surface area contributed by atoms with E-state index in [0.29, 0.717) is 0 Å². The highest BCUT2D eigenvalue weighted by molar-refractivity contribution is 4.94. The van der Waals surface area contributed by atoms with Crippen LogP contribution in [0.5, 0.6) is 0 Å². The molecule has 1 saturated carbocycles. The maximum absolute atomic E-state index is 6.13. The molecule has 0 bridgehead atoms. The summed E-state index contributed by atoms with van der Waals surface area (Å²) in [6.07, 6.45) is 10.5. The Balaban J connectivity index is 1.90. The Morgan fingerprint density at radius 2 is 2.06 bits per heavy atom. The van der Waals surface area contributed by atoms with Crippen molar-refractivity contribution in [2.75, 3.05) is 13.2 Å². The monoisotopic (exact) mass is 239 g/mol. The van der Waals surface area contributed by atoms with E-state index in [1.807, 2.05) is 0 Å². The highest BCUT2D eigenvalue weighted by Gasteiger charge is 2.41. The first-order chi connectivity index (χ1) is 8.29. The normalized spacial score (nSPS) is 29.6. The van der Waals surface area contributed by atoms with Crippen molar-refractivity contribution < 1.29 is 4.74 Å². The zero-order valence-corrected chi connectivity index (χ0v) is 11.6. The Morgan fingerprint density at radius 1 is 1.29 bits per heavy atom. The summed E-state index contributed by atoms with van der Waals surface area (Å²) in [5.74, 6) is 0.846. The molecular weight excluding hydrogens is 210 g/mol. The van der Waals surface area contributed by atoms with E-state index < -0.39 is 0 Å². The third-order valence-corrected chi connectivity index (χ3v) is 4.71. The standard InChI is InChI=1S/C15H29NO/c1-3-10-16-14(4-2)13-7-11-17-15(12-13)8-5-6-9-15/h13-14,16H,3-12H2,1-2H3. The van der Waals surface area contributed by atoms with Crippen LogP contribution in [0.4, 0.5) is 0 Å². The van der Waals surface area contributed by atoms with E-state index in [2.05, 4.69) is 19.2 Å². The molecule has 1 aliphatic heterocycles. The molecule has 0 aromatic carbocycles. The topological polar surface area (TPSA) is 21.3 Å². The third-order valence-electron chi connectivity index (χ3n) is 4.71. The van der Waals surface area contributed by atoms with E-state index in [4.69, 9.17) is 4.74 Å². The lowest BCUT2D eigenvalue weighted by Gasteiger charge is -2.41. The zero-order valence-electron chi connectivity index (χ0n) is 11.6. The lowest BCUT2D eigenvalue weighted by molar-refractivity contribution is -0.0980. The molecule has 100 valence electrons. The van der Waals surface area contributed by atoms with Crippen LogP contribution in [0.3, 0.4) is 0 Å². The van der Waals surface area contributed by atoms with Crippen molar-refractivity contribution in [1.29, 1.82) is 0 Å². The van der Waals surface area contributed by atoms with E-state index >= 15 is 0 Å². The molecule has 0 radical (unpaired) electrons. The summed E-state index contributed by atoms with van der Waals surface area (Å²) in [7, 11) is 0. The Labute approximate surface area is 107 Å². The molecule has 2 nitrogen and oxygen atoms in total. The summed E-state index contributed by atoms with van der Waals surface area (Å²) < 4.78 is 6.13. The fourth-order valence-corrected chi connectivity index (χ4v) is 3.75. The molecule has 0 aromatic rings. The number of ether oxygens (including phenoxy) is 1. The van der Waals surface area contributed by atoms with Gasteiger partial charge in [0.05, 0.1) is 5.60 Å². The Morgan fingerprint density at radius 3 is 2.71 bits per heavy atom. The van der Waals surface area contributed by atoms with Crippen molar-refractivity contribution in [2.24, 2.45) is 5.92 Å². The second-order valence-electron chi connectivity index (χ2n) is 5.96. The highest BCUT2D eigenvalue weighted by Crippen LogP contribution is 2.43. The summed E-state index contributed by atoms with van der Waals surface area (Å²) >= 11 is 0. The van der Waals surface area contributed by atoms with Gasteiger partial charge in [-0.15, -0.1) is 0 Å². The van der Waals surface area contributed by atoms with Crippen LogP contribution in [0.1, 0.15) is 65.2 Å². The molecule has 1 N–H and O–H groups in total. The molecule has 2 unspecified atom stereocenters. The van der Waals surface area contributed by atoms with E-state index in [0.717, 1.165) is 18.6 Å². The van der Waals surface area contributed by atoms with Crippen LogP contribution in [0.2, 0.25) is 0 Å². The van der Waals surface area contributed by atoms with Crippen LogP contribution < -0.4 is 5.32 Å². The Kier molecular flexibility index (Phi) is 4.87. The van der Waals surface area contributed by atoms with Gasteiger partial charge in [-0.25, -0.2) is 0 Å². The van der Waals surface area contributed by atoms with Gasteiger partial charge in [0.15, 0.2) is 0 Å². The first-order valence-corrected chi connectivity index (χ1v) is 7.67. The van der Waals surface area contributed by atoms with Gasteiger partial charge in [0.1, 0.15) is 0 Å². The van der Waals surface area contributed by atoms with Gasteiger partial charge in [-0.2, -0.15) is 0 Å². The molecule has 2 fully saturated rings. The van der Waals surface area contributed by atoms with E-state index in [9.17, 15) is 0 Å². The molecule has 1 spiro atoms. The first kappa shape index (κ1) is 13.4. The van der Waals surface area contributed by atoms with Gasteiger partial charge < -0.3 is 10.1 Å². The minimum absolute atomic E-state index is 0.282. The Bertz CT molecular complexity index is 223. The van der Waals surface area contributed by atoms with Gasteiger partial charge in [0.25, 0.3) is 0 Å². The molecule has 0 amide bonds. The molecule has 1 saturated heterocycles. The first-order valence-electron chi connectivity index (χ1n) is 7.67. The summed E-state index contributed by atoms with van der Waals surface area (Å²) in [5.41, 5.74) is 0.282. The maximum atomic E-state index is 6.13. The van der Waals surface area contributed by atoms with Gasteiger partial charge in [-0.1, -0.05) is 26.7 Å². The second-order valence-corrected chi connectivity index (χ2v) is 5.96. The molecular formula is C15H29NO. The Hall–Kier alpha value is -0.0800. The summed E-state index contributed by atoms with van der Waals surface area (Å²) in [5, 5.41) is 3.74. The van der Waals surface area contributed by atoms with Gasteiger partial charge in [-0.3, -0.25) is 0 Å².